The van der Waals surface area contributed by atoms with Crippen LogP contribution in [0.5, 0.6) is 0 Å². The van der Waals surface area contributed by atoms with Gasteiger partial charge in [0.2, 0.25) is 5.69 Å². The molecule has 1 unspecified atom stereocenters. The van der Waals surface area contributed by atoms with Crippen molar-refractivity contribution in [2.24, 2.45) is 0 Å². The second-order valence-corrected chi connectivity index (χ2v) is 7.71. The third kappa shape index (κ3) is 3.74. The number of aromatic amines is 1. The summed E-state index contributed by atoms with van der Waals surface area (Å²) in [5, 5.41) is 20.3. The Balaban J connectivity index is 1.53. The molecule has 0 spiro atoms. The molecule has 1 aromatic carbocycles. The van der Waals surface area contributed by atoms with Crippen LogP contribution in [-0.4, -0.2) is 24.9 Å². The van der Waals surface area contributed by atoms with Crippen molar-refractivity contribution in [3.05, 3.63) is 82.8 Å². The van der Waals surface area contributed by atoms with Crippen LogP contribution in [-0.2, 0) is 6.54 Å². The SMILES string of the molecule is CC(Nc1ncnc2nc[nH]c12)c1cc2cccc(Cl)c2nc1NCc1cccc[n+]1[O-]. The quantitative estimate of drug-likeness (QED) is 0.266. The van der Waals surface area contributed by atoms with E-state index in [-0.39, 0.29) is 6.04 Å². The van der Waals surface area contributed by atoms with E-state index in [1.54, 1.807) is 24.5 Å². The Morgan fingerprint density at radius 1 is 1.12 bits per heavy atom. The van der Waals surface area contributed by atoms with Crippen molar-refractivity contribution in [1.82, 2.24) is 24.9 Å². The number of fused-ring (bicyclic) bond motifs is 2. The van der Waals surface area contributed by atoms with E-state index < -0.39 is 0 Å². The Labute approximate surface area is 188 Å². The Morgan fingerprint density at radius 2 is 2.03 bits per heavy atom. The number of hydrogen-bond donors (Lipinski definition) is 3. The summed E-state index contributed by atoms with van der Waals surface area (Å²) >= 11 is 6.40. The summed E-state index contributed by atoms with van der Waals surface area (Å²) in [5.41, 5.74) is 3.48. The Kier molecular flexibility index (Phi) is 5.16. The summed E-state index contributed by atoms with van der Waals surface area (Å²) in [6.45, 7) is 2.32. The van der Waals surface area contributed by atoms with Gasteiger partial charge in [-0.05, 0) is 25.1 Å². The number of nitrogens with one attached hydrogen (secondary N) is 3. The van der Waals surface area contributed by atoms with E-state index in [2.05, 4.69) is 30.6 Å². The highest BCUT2D eigenvalue weighted by molar-refractivity contribution is 6.35. The number of benzene rings is 1. The van der Waals surface area contributed by atoms with Crippen LogP contribution in [0, 0.1) is 5.21 Å². The van der Waals surface area contributed by atoms with E-state index in [1.807, 2.05) is 31.2 Å². The molecule has 160 valence electrons. The Hall–Kier alpha value is -3.98. The molecule has 0 aliphatic rings. The molecule has 0 saturated heterocycles. The number of imidazole rings is 1. The van der Waals surface area contributed by atoms with Crippen LogP contribution < -0.4 is 15.4 Å². The number of H-pyrrole nitrogens is 1. The van der Waals surface area contributed by atoms with Crippen LogP contribution in [0.3, 0.4) is 0 Å². The molecule has 32 heavy (non-hydrogen) atoms. The van der Waals surface area contributed by atoms with Crippen LogP contribution in [0.1, 0.15) is 24.2 Å². The number of nitrogens with zero attached hydrogens (tertiary/aromatic N) is 5. The van der Waals surface area contributed by atoms with Gasteiger partial charge in [0.25, 0.3) is 0 Å². The minimum absolute atomic E-state index is 0.176. The third-order valence-electron chi connectivity index (χ3n) is 5.21. The van der Waals surface area contributed by atoms with Gasteiger partial charge in [0.15, 0.2) is 17.7 Å². The van der Waals surface area contributed by atoms with Gasteiger partial charge in [0.1, 0.15) is 24.2 Å². The molecule has 0 fully saturated rings. The van der Waals surface area contributed by atoms with Gasteiger partial charge in [0, 0.05) is 23.1 Å². The zero-order chi connectivity index (χ0) is 22.1. The molecule has 0 radical (unpaired) electrons. The van der Waals surface area contributed by atoms with Gasteiger partial charge in [-0.15, -0.1) is 0 Å². The Bertz CT molecular complexity index is 1420. The average Bonchev–Trinajstić information content (AvgIpc) is 3.28. The Morgan fingerprint density at radius 3 is 2.91 bits per heavy atom. The van der Waals surface area contributed by atoms with E-state index >= 15 is 0 Å². The molecule has 0 saturated carbocycles. The predicted molar refractivity (Wildman–Crippen MR) is 123 cm³/mol. The fourth-order valence-electron chi connectivity index (χ4n) is 3.58. The third-order valence-corrected chi connectivity index (χ3v) is 5.51. The smallest absolute Gasteiger partial charge is 0.211 e. The number of halogens is 1. The largest absolute Gasteiger partial charge is 0.618 e. The van der Waals surface area contributed by atoms with Crippen molar-refractivity contribution in [1.29, 1.82) is 0 Å². The van der Waals surface area contributed by atoms with Crippen molar-refractivity contribution in [2.45, 2.75) is 19.5 Å². The molecule has 0 aliphatic carbocycles. The van der Waals surface area contributed by atoms with Crippen LogP contribution in [0.25, 0.3) is 22.1 Å². The summed E-state index contributed by atoms with van der Waals surface area (Å²) in [6, 6.07) is 12.8. The van der Waals surface area contributed by atoms with Crippen molar-refractivity contribution < 1.29 is 4.73 Å². The molecule has 3 N–H and O–H groups in total. The lowest BCUT2D eigenvalue weighted by atomic mass is 10.1. The zero-order valence-corrected chi connectivity index (χ0v) is 17.8. The molecule has 4 heterocycles. The molecular formula is C22H19ClN8O. The minimum Gasteiger partial charge on any atom is -0.618 e. The maximum atomic E-state index is 12.1. The highest BCUT2D eigenvalue weighted by atomic mass is 35.5. The van der Waals surface area contributed by atoms with Crippen molar-refractivity contribution in [2.75, 3.05) is 10.6 Å². The molecule has 1 atom stereocenters. The first-order valence-corrected chi connectivity index (χ1v) is 10.4. The van der Waals surface area contributed by atoms with Gasteiger partial charge in [0.05, 0.1) is 22.9 Å². The number of anilines is 2. The minimum atomic E-state index is -0.176. The monoisotopic (exact) mass is 446 g/mol. The van der Waals surface area contributed by atoms with E-state index in [9.17, 15) is 5.21 Å². The number of aromatic nitrogens is 6. The molecule has 0 aliphatic heterocycles. The highest BCUT2D eigenvalue weighted by Gasteiger charge is 2.18. The average molecular weight is 447 g/mol. The second-order valence-electron chi connectivity index (χ2n) is 7.30. The van der Waals surface area contributed by atoms with Crippen LogP contribution in [0.2, 0.25) is 5.02 Å². The van der Waals surface area contributed by atoms with Crippen LogP contribution in [0.4, 0.5) is 11.6 Å². The van der Waals surface area contributed by atoms with E-state index in [4.69, 9.17) is 16.6 Å². The van der Waals surface area contributed by atoms with E-state index in [1.165, 1.54) is 12.5 Å². The first-order valence-electron chi connectivity index (χ1n) is 10.0. The molecule has 5 aromatic rings. The van der Waals surface area contributed by atoms with Crippen LogP contribution in [0.15, 0.2) is 61.3 Å². The van der Waals surface area contributed by atoms with Gasteiger partial charge >= 0.3 is 0 Å². The van der Waals surface area contributed by atoms with Gasteiger partial charge < -0.3 is 20.8 Å². The summed E-state index contributed by atoms with van der Waals surface area (Å²) in [5.74, 6) is 1.27. The molecule has 4 aromatic heterocycles. The van der Waals surface area contributed by atoms with Gasteiger partial charge in [-0.2, -0.15) is 4.73 Å². The van der Waals surface area contributed by atoms with E-state index in [0.29, 0.717) is 40.1 Å². The molecule has 10 heteroatoms. The van der Waals surface area contributed by atoms with Crippen molar-refractivity contribution in [3.8, 4) is 0 Å². The highest BCUT2D eigenvalue weighted by Crippen LogP contribution is 2.31. The lowest BCUT2D eigenvalue weighted by Crippen LogP contribution is -2.32. The summed E-state index contributed by atoms with van der Waals surface area (Å²) < 4.78 is 0.832. The van der Waals surface area contributed by atoms with Crippen molar-refractivity contribution >= 4 is 45.3 Å². The van der Waals surface area contributed by atoms with Crippen molar-refractivity contribution in [3.63, 3.8) is 0 Å². The zero-order valence-electron chi connectivity index (χ0n) is 17.1. The summed E-state index contributed by atoms with van der Waals surface area (Å²) in [7, 11) is 0. The maximum absolute atomic E-state index is 12.1. The molecule has 9 nitrogen and oxygen atoms in total. The standard InChI is InChI=1S/C22H19ClN8O/c1-13(29-22-19-21(26-11-25-19)27-12-28-22)16-9-14-5-4-7-17(23)18(14)30-20(16)24-10-15-6-2-3-8-31(15)32/h2-9,11-13H,10H2,1H3,(H,24,30)(H2,25,26,27,28,29). The molecule has 0 bridgehead atoms. The number of para-hydroxylation sites is 1. The van der Waals surface area contributed by atoms with E-state index in [0.717, 1.165) is 21.2 Å². The molecule has 0 amide bonds. The second kappa shape index (κ2) is 8.27. The van der Waals surface area contributed by atoms with Gasteiger partial charge in [-0.3, -0.25) is 0 Å². The maximum Gasteiger partial charge on any atom is 0.211 e. The first-order chi connectivity index (χ1) is 15.6. The fourth-order valence-corrected chi connectivity index (χ4v) is 3.81. The number of rotatable bonds is 6. The lowest BCUT2D eigenvalue weighted by Gasteiger charge is -2.20. The normalized spacial score (nSPS) is 12.2. The summed E-state index contributed by atoms with van der Waals surface area (Å²) in [4.78, 5) is 20.5. The van der Waals surface area contributed by atoms with Gasteiger partial charge in [-0.25, -0.2) is 19.9 Å². The van der Waals surface area contributed by atoms with Crippen LogP contribution >= 0.6 is 11.6 Å². The molecular weight excluding hydrogens is 428 g/mol. The number of pyridine rings is 2. The number of hydrogen-bond acceptors (Lipinski definition) is 7. The summed E-state index contributed by atoms with van der Waals surface area (Å²) in [6.07, 6.45) is 4.52. The lowest BCUT2D eigenvalue weighted by molar-refractivity contribution is -0.613. The topological polar surface area (TPSA) is 118 Å². The predicted octanol–water partition coefficient (Wildman–Crippen LogP) is 3.97. The molecule has 5 rings (SSSR count). The van der Waals surface area contributed by atoms with Gasteiger partial charge in [-0.1, -0.05) is 23.7 Å². The first kappa shape index (κ1) is 20.0. The fraction of sp³-hybridized carbons (Fsp3) is 0.136.